The second-order valence-corrected chi connectivity index (χ2v) is 5.15. The summed E-state index contributed by atoms with van der Waals surface area (Å²) in [6.07, 6.45) is 4.97. The highest BCUT2D eigenvalue weighted by Gasteiger charge is 2.25. The maximum Gasteiger partial charge on any atom is 0.270 e. The molecule has 0 saturated heterocycles. The summed E-state index contributed by atoms with van der Waals surface area (Å²) in [4.78, 5) is 16.0. The van der Waals surface area contributed by atoms with Crippen molar-refractivity contribution in [2.24, 2.45) is 5.92 Å². The fourth-order valence-corrected chi connectivity index (χ4v) is 2.62. The van der Waals surface area contributed by atoms with E-state index in [0.29, 0.717) is 18.2 Å². The minimum atomic E-state index is -0.0983. The van der Waals surface area contributed by atoms with Crippen molar-refractivity contribution in [3.63, 3.8) is 0 Å². The number of aromatic nitrogens is 1. The van der Waals surface area contributed by atoms with Crippen LogP contribution in [0, 0.1) is 12.8 Å². The van der Waals surface area contributed by atoms with E-state index >= 15 is 0 Å². The standard InChI is InChI=1S/C13H17ClN2O/c1-9-4-3-7-15-12(9)13(17)16-8-10-5-2-6-11(10)14/h3-4,7,10-11H,2,5-6,8H2,1H3,(H,16,17). The van der Waals surface area contributed by atoms with Gasteiger partial charge in [-0.3, -0.25) is 9.78 Å². The molecule has 2 rings (SSSR count). The molecule has 1 aliphatic carbocycles. The summed E-state index contributed by atoms with van der Waals surface area (Å²) >= 11 is 6.17. The third-order valence-electron chi connectivity index (χ3n) is 3.32. The molecule has 17 heavy (non-hydrogen) atoms. The number of nitrogens with one attached hydrogen (secondary N) is 1. The van der Waals surface area contributed by atoms with Crippen molar-refractivity contribution in [3.05, 3.63) is 29.6 Å². The van der Waals surface area contributed by atoms with Gasteiger partial charge in [-0.15, -0.1) is 11.6 Å². The molecule has 1 fully saturated rings. The lowest BCUT2D eigenvalue weighted by molar-refractivity contribution is 0.0942. The zero-order chi connectivity index (χ0) is 12.3. The smallest absolute Gasteiger partial charge is 0.270 e. The number of halogens is 1. The highest BCUT2D eigenvalue weighted by atomic mass is 35.5. The van der Waals surface area contributed by atoms with Gasteiger partial charge >= 0.3 is 0 Å². The minimum absolute atomic E-state index is 0.0983. The van der Waals surface area contributed by atoms with E-state index in [1.54, 1.807) is 6.20 Å². The van der Waals surface area contributed by atoms with Gasteiger partial charge in [0.25, 0.3) is 5.91 Å². The highest BCUT2D eigenvalue weighted by Crippen LogP contribution is 2.29. The van der Waals surface area contributed by atoms with Crippen LogP contribution in [0.1, 0.15) is 35.3 Å². The van der Waals surface area contributed by atoms with Crippen molar-refractivity contribution in [1.29, 1.82) is 0 Å². The molecular formula is C13H17ClN2O. The quantitative estimate of drug-likeness (QED) is 0.840. The summed E-state index contributed by atoms with van der Waals surface area (Å²) in [5.41, 5.74) is 1.41. The number of hydrogen-bond acceptors (Lipinski definition) is 2. The van der Waals surface area contributed by atoms with Crippen molar-refractivity contribution in [2.75, 3.05) is 6.54 Å². The molecule has 3 nitrogen and oxygen atoms in total. The molecule has 1 amide bonds. The molecule has 0 aliphatic heterocycles. The van der Waals surface area contributed by atoms with Crippen LogP contribution in [0.25, 0.3) is 0 Å². The van der Waals surface area contributed by atoms with Crippen LogP contribution in [0.15, 0.2) is 18.3 Å². The van der Waals surface area contributed by atoms with Gasteiger partial charge in [0, 0.05) is 18.1 Å². The first-order valence-corrected chi connectivity index (χ1v) is 6.46. The number of carbonyl (C=O) groups excluding carboxylic acids is 1. The molecule has 1 aromatic heterocycles. The second-order valence-electron chi connectivity index (χ2n) is 4.59. The predicted octanol–water partition coefficient (Wildman–Crippen LogP) is 2.53. The lowest BCUT2D eigenvalue weighted by atomic mass is 10.1. The van der Waals surface area contributed by atoms with Gasteiger partial charge in [-0.25, -0.2) is 0 Å². The molecule has 92 valence electrons. The molecule has 0 spiro atoms. The largest absolute Gasteiger partial charge is 0.350 e. The lowest BCUT2D eigenvalue weighted by Crippen LogP contribution is -2.32. The Labute approximate surface area is 107 Å². The van der Waals surface area contributed by atoms with Gasteiger partial charge in [-0.2, -0.15) is 0 Å². The Hall–Kier alpha value is -1.09. The van der Waals surface area contributed by atoms with Gasteiger partial charge in [0.05, 0.1) is 0 Å². The van der Waals surface area contributed by atoms with Crippen LogP contribution in [-0.4, -0.2) is 22.8 Å². The minimum Gasteiger partial charge on any atom is -0.350 e. The molecule has 2 atom stereocenters. The molecule has 1 saturated carbocycles. The average molecular weight is 253 g/mol. The van der Waals surface area contributed by atoms with E-state index in [9.17, 15) is 4.79 Å². The summed E-state index contributed by atoms with van der Waals surface area (Å²) < 4.78 is 0. The van der Waals surface area contributed by atoms with Gasteiger partial charge in [-0.1, -0.05) is 12.5 Å². The summed E-state index contributed by atoms with van der Waals surface area (Å²) in [5.74, 6) is 0.309. The van der Waals surface area contributed by atoms with E-state index in [0.717, 1.165) is 24.8 Å². The summed E-state index contributed by atoms with van der Waals surface area (Å²) in [6.45, 7) is 2.55. The van der Waals surface area contributed by atoms with E-state index in [-0.39, 0.29) is 11.3 Å². The zero-order valence-corrected chi connectivity index (χ0v) is 10.7. The number of alkyl halides is 1. The first kappa shape index (κ1) is 12.4. The molecule has 0 bridgehead atoms. The first-order chi connectivity index (χ1) is 8.18. The van der Waals surface area contributed by atoms with Crippen LogP contribution < -0.4 is 5.32 Å². The molecule has 0 aromatic carbocycles. The molecule has 1 aliphatic rings. The molecular weight excluding hydrogens is 236 g/mol. The number of carbonyl (C=O) groups is 1. The maximum atomic E-state index is 11.9. The highest BCUT2D eigenvalue weighted by molar-refractivity contribution is 6.21. The molecule has 4 heteroatoms. The number of nitrogens with zero attached hydrogens (tertiary/aromatic N) is 1. The van der Waals surface area contributed by atoms with Crippen LogP contribution >= 0.6 is 11.6 Å². The third-order valence-corrected chi connectivity index (χ3v) is 3.89. The van der Waals surface area contributed by atoms with E-state index in [1.807, 2.05) is 19.1 Å². The van der Waals surface area contributed by atoms with Crippen LogP contribution in [0.4, 0.5) is 0 Å². The van der Waals surface area contributed by atoms with E-state index in [4.69, 9.17) is 11.6 Å². The zero-order valence-electron chi connectivity index (χ0n) is 9.95. The van der Waals surface area contributed by atoms with Crippen molar-refractivity contribution in [1.82, 2.24) is 10.3 Å². The van der Waals surface area contributed by atoms with Gasteiger partial charge in [0.1, 0.15) is 5.69 Å². The average Bonchev–Trinajstić information content (AvgIpc) is 2.72. The third kappa shape index (κ3) is 2.97. The van der Waals surface area contributed by atoms with Gasteiger partial charge in [-0.05, 0) is 37.3 Å². The Kier molecular flexibility index (Phi) is 4.00. The van der Waals surface area contributed by atoms with Gasteiger partial charge < -0.3 is 5.32 Å². The SMILES string of the molecule is Cc1cccnc1C(=O)NCC1CCCC1Cl. The number of hydrogen-bond donors (Lipinski definition) is 1. The van der Waals surface area contributed by atoms with Crippen LogP contribution in [0.3, 0.4) is 0 Å². The lowest BCUT2D eigenvalue weighted by Gasteiger charge is -2.14. The number of amides is 1. The molecule has 1 N–H and O–H groups in total. The van der Waals surface area contributed by atoms with Crippen molar-refractivity contribution >= 4 is 17.5 Å². The Morgan fingerprint density at radius 2 is 2.41 bits per heavy atom. The van der Waals surface area contributed by atoms with E-state index in [2.05, 4.69) is 10.3 Å². The summed E-state index contributed by atoms with van der Waals surface area (Å²) in [6, 6.07) is 3.72. The van der Waals surface area contributed by atoms with Crippen LogP contribution in [0.5, 0.6) is 0 Å². The van der Waals surface area contributed by atoms with Crippen molar-refractivity contribution < 1.29 is 4.79 Å². The first-order valence-electron chi connectivity index (χ1n) is 6.02. The summed E-state index contributed by atoms with van der Waals surface area (Å²) in [7, 11) is 0. The Balaban J connectivity index is 1.91. The number of pyridine rings is 1. The predicted molar refractivity (Wildman–Crippen MR) is 68.3 cm³/mol. The maximum absolute atomic E-state index is 11.9. The van der Waals surface area contributed by atoms with Crippen molar-refractivity contribution in [2.45, 2.75) is 31.6 Å². The fourth-order valence-electron chi connectivity index (χ4n) is 2.25. The fraction of sp³-hybridized carbons (Fsp3) is 0.538. The number of rotatable bonds is 3. The van der Waals surface area contributed by atoms with Gasteiger partial charge in [0.2, 0.25) is 0 Å². The topological polar surface area (TPSA) is 42.0 Å². The van der Waals surface area contributed by atoms with E-state index in [1.165, 1.54) is 0 Å². The molecule has 0 radical (unpaired) electrons. The normalized spacial score (nSPS) is 23.6. The number of aryl methyl sites for hydroxylation is 1. The van der Waals surface area contributed by atoms with E-state index < -0.39 is 0 Å². The van der Waals surface area contributed by atoms with Crippen LogP contribution in [-0.2, 0) is 0 Å². The molecule has 1 heterocycles. The van der Waals surface area contributed by atoms with Crippen LogP contribution in [0.2, 0.25) is 0 Å². The Morgan fingerprint density at radius 1 is 1.59 bits per heavy atom. The Bertz CT molecular complexity index is 408. The van der Waals surface area contributed by atoms with Gasteiger partial charge in [0.15, 0.2) is 0 Å². The van der Waals surface area contributed by atoms with Crippen molar-refractivity contribution in [3.8, 4) is 0 Å². The monoisotopic (exact) mass is 252 g/mol. The summed E-state index contributed by atoms with van der Waals surface area (Å²) in [5, 5.41) is 3.13. The second kappa shape index (κ2) is 5.50. The molecule has 2 unspecified atom stereocenters. The Morgan fingerprint density at radius 3 is 3.06 bits per heavy atom. The molecule has 1 aromatic rings.